The van der Waals surface area contributed by atoms with Gasteiger partial charge >= 0.3 is 0 Å². The van der Waals surface area contributed by atoms with E-state index in [2.05, 4.69) is 19.2 Å². The Hall–Kier alpha value is -1.39. The molecule has 4 nitrogen and oxygen atoms in total. The number of benzene rings is 1. The van der Waals surface area contributed by atoms with Crippen LogP contribution in [-0.4, -0.2) is 17.1 Å². The molecular formula is C15H24N2O2. The second-order valence-electron chi connectivity index (χ2n) is 5.37. The number of aliphatic hydroxyl groups is 1. The van der Waals surface area contributed by atoms with E-state index < -0.39 is 6.10 Å². The van der Waals surface area contributed by atoms with E-state index in [9.17, 15) is 9.90 Å². The molecule has 0 aliphatic rings. The van der Waals surface area contributed by atoms with Crippen molar-refractivity contribution in [2.45, 2.75) is 45.8 Å². The molecule has 2 atom stereocenters. The van der Waals surface area contributed by atoms with E-state index in [1.54, 1.807) is 12.1 Å². The minimum Gasteiger partial charge on any atom is -0.391 e. The summed E-state index contributed by atoms with van der Waals surface area (Å²) in [4.78, 5) is 10.9. The second kappa shape index (κ2) is 7.26. The highest BCUT2D eigenvalue weighted by atomic mass is 16.3. The van der Waals surface area contributed by atoms with Crippen LogP contribution in [0.25, 0.3) is 0 Å². The summed E-state index contributed by atoms with van der Waals surface area (Å²) in [5.41, 5.74) is 7.65. The molecule has 0 radical (unpaired) electrons. The lowest BCUT2D eigenvalue weighted by molar-refractivity contribution is -0.114. The molecule has 0 aliphatic heterocycles. The summed E-state index contributed by atoms with van der Waals surface area (Å²) in [5.74, 6) is 0.456. The number of hydrogen-bond donors (Lipinski definition) is 3. The van der Waals surface area contributed by atoms with Crippen molar-refractivity contribution in [3.63, 3.8) is 0 Å². The molecule has 1 rings (SSSR count). The minimum atomic E-state index is -0.533. The molecule has 0 aromatic heterocycles. The fraction of sp³-hybridized carbons (Fsp3) is 0.533. The number of anilines is 1. The van der Waals surface area contributed by atoms with Gasteiger partial charge in [-0.25, -0.2) is 0 Å². The Morgan fingerprint density at radius 1 is 1.26 bits per heavy atom. The van der Waals surface area contributed by atoms with E-state index in [1.807, 2.05) is 12.1 Å². The number of amides is 1. The van der Waals surface area contributed by atoms with Crippen LogP contribution in [0.2, 0.25) is 0 Å². The van der Waals surface area contributed by atoms with Crippen molar-refractivity contribution in [2.24, 2.45) is 11.7 Å². The lowest BCUT2D eigenvalue weighted by Crippen LogP contribution is -2.26. The van der Waals surface area contributed by atoms with Gasteiger partial charge < -0.3 is 16.2 Å². The molecule has 0 spiro atoms. The summed E-state index contributed by atoms with van der Waals surface area (Å²) in [7, 11) is 0. The molecule has 0 aliphatic carbocycles. The highest BCUT2D eigenvalue weighted by Crippen LogP contribution is 2.21. The first-order chi connectivity index (χ1) is 8.90. The van der Waals surface area contributed by atoms with Gasteiger partial charge in [0, 0.05) is 12.6 Å². The van der Waals surface area contributed by atoms with Crippen molar-refractivity contribution in [2.75, 3.05) is 5.32 Å². The molecule has 0 bridgehead atoms. The van der Waals surface area contributed by atoms with Gasteiger partial charge in [-0.15, -0.1) is 0 Å². The van der Waals surface area contributed by atoms with E-state index in [-0.39, 0.29) is 11.9 Å². The number of carbonyl (C=O) groups excluding carboxylic acids is 1. The number of nitrogens with two attached hydrogens (primary N) is 1. The highest BCUT2D eigenvalue weighted by molar-refractivity contribution is 5.88. The number of rotatable bonds is 6. The van der Waals surface area contributed by atoms with Crippen molar-refractivity contribution in [3.8, 4) is 0 Å². The Bertz CT molecular complexity index is 401. The van der Waals surface area contributed by atoms with Gasteiger partial charge in [-0.3, -0.25) is 4.79 Å². The van der Waals surface area contributed by atoms with Gasteiger partial charge in [-0.05, 0) is 36.5 Å². The first-order valence-corrected chi connectivity index (χ1v) is 6.71. The lowest BCUT2D eigenvalue weighted by atomic mass is 9.96. The summed E-state index contributed by atoms with van der Waals surface area (Å²) in [6, 6.07) is 6.89. The van der Waals surface area contributed by atoms with Crippen LogP contribution in [0.5, 0.6) is 0 Å². The molecule has 1 aromatic rings. The number of carbonyl (C=O) groups is 1. The minimum absolute atomic E-state index is 0.103. The van der Waals surface area contributed by atoms with Crippen LogP contribution >= 0.6 is 0 Å². The monoisotopic (exact) mass is 264 g/mol. The summed E-state index contributed by atoms with van der Waals surface area (Å²) in [6.07, 6.45) is 1.12. The van der Waals surface area contributed by atoms with E-state index in [1.165, 1.54) is 6.92 Å². The van der Waals surface area contributed by atoms with Crippen molar-refractivity contribution >= 4 is 11.6 Å². The van der Waals surface area contributed by atoms with Crippen LogP contribution in [0.1, 0.15) is 45.2 Å². The van der Waals surface area contributed by atoms with Crippen LogP contribution in [0.4, 0.5) is 5.69 Å². The molecule has 0 unspecified atom stereocenters. The Balaban J connectivity index is 2.61. The fourth-order valence-electron chi connectivity index (χ4n) is 1.90. The number of aliphatic hydroxyl groups excluding tert-OH is 1. The molecule has 0 saturated heterocycles. The largest absolute Gasteiger partial charge is 0.391 e. The van der Waals surface area contributed by atoms with Crippen LogP contribution in [0.3, 0.4) is 0 Å². The standard InChI is InChI=1S/C15H24N2O2/c1-10(2)4-9-14(19)15(16)12-5-7-13(8-6-12)17-11(3)18/h5-8,10,14-15,19H,4,9,16H2,1-3H3,(H,17,18)/t14-,15+/m1/s1. The van der Waals surface area contributed by atoms with E-state index >= 15 is 0 Å². The van der Waals surface area contributed by atoms with Crippen molar-refractivity contribution in [3.05, 3.63) is 29.8 Å². The van der Waals surface area contributed by atoms with Gasteiger partial charge in [-0.2, -0.15) is 0 Å². The quantitative estimate of drug-likeness (QED) is 0.738. The van der Waals surface area contributed by atoms with Crippen LogP contribution in [-0.2, 0) is 4.79 Å². The van der Waals surface area contributed by atoms with Crippen molar-refractivity contribution in [1.29, 1.82) is 0 Å². The zero-order chi connectivity index (χ0) is 14.4. The molecule has 1 amide bonds. The predicted molar refractivity (Wildman–Crippen MR) is 77.8 cm³/mol. The number of nitrogens with one attached hydrogen (secondary N) is 1. The first kappa shape index (κ1) is 15.7. The average Bonchev–Trinajstić information content (AvgIpc) is 2.35. The number of hydrogen-bond acceptors (Lipinski definition) is 3. The summed E-state index contributed by atoms with van der Waals surface area (Å²) < 4.78 is 0. The molecule has 0 saturated carbocycles. The Morgan fingerprint density at radius 3 is 2.32 bits per heavy atom. The normalized spacial score (nSPS) is 14.2. The molecule has 4 N–H and O–H groups in total. The van der Waals surface area contributed by atoms with Gasteiger partial charge in [0.1, 0.15) is 0 Å². The van der Waals surface area contributed by atoms with Gasteiger partial charge in [0.25, 0.3) is 0 Å². The van der Waals surface area contributed by atoms with E-state index in [4.69, 9.17) is 5.73 Å². The van der Waals surface area contributed by atoms with Gasteiger partial charge in [0.15, 0.2) is 0 Å². The van der Waals surface area contributed by atoms with Crippen LogP contribution in [0, 0.1) is 5.92 Å². The summed E-state index contributed by atoms with van der Waals surface area (Å²) in [5, 5.41) is 12.7. The maximum absolute atomic E-state index is 10.9. The van der Waals surface area contributed by atoms with Crippen LogP contribution in [0.15, 0.2) is 24.3 Å². The molecule has 19 heavy (non-hydrogen) atoms. The van der Waals surface area contributed by atoms with Gasteiger partial charge in [-0.1, -0.05) is 26.0 Å². The van der Waals surface area contributed by atoms with Crippen molar-refractivity contribution < 1.29 is 9.90 Å². The molecule has 0 fully saturated rings. The maximum Gasteiger partial charge on any atom is 0.221 e. The van der Waals surface area contributed by atoms with Crippen LogP contribution < -0.4 is 11.1 Å². The zero-order valence-corrected chi connectivity index (χ0v) is 11.9. The van der Waals surface area contributed by atoms with Gasteiger partial charge in [0.05, 0.1) is 12.1 Å². The third-order valence-corrected chi connectivity index (χ3v) is 3.07. The average molecular weight is 264 g/mol. The first-order valence-electron chi connectivity index (χ1n) is 6.71. The smallest absolute Gasteiger partial charge is 0.221 e. The highest BCUT2D eigenvalue weighted by Gasteiger charge is 2.16. The maximum atomic E-state index is 10.9. The molecule has 4 heteroatoms. The SMILES string of the molecule is CC(=O)Nc1ccc([C@H](N)[C@H](O)CCC(C)C)cc1. The topological polar surface area (TPSA) is 75.4 Å². The predicted octanol–water partition coefficient (Wildman–Crippen LogP) is 2.44. The van der Waals surface area contributed by atoms with E-state index in [0.717, 1.165) is 17.7 Å². The Labute approximate surface area is 115 Å². The molecule has 106 valence electrons. The fourth-order valence-corrected chi connectivity index (χ4v) is 1.90. The second-order valence-corrected chi connectivity index (χ2v) is 5.37. The summed E-state index contributed by atoms with van der Waals surface area (Å²) in [6.45, 7) is 5.72. The van der Waals surface area contributed by atoms with Crippen molar-refractivity contribution in [1.82, 2.24) is 0 Å². The Kier molecular flexibility index (Phi) is 5.99. The van der Waals surface area contributed by atoms with Gasteiger partial charge in [0.2, 0.25) is 5.91 Å². The zero-order valence-electron chi connectivity index (χ0n) is 11.9. The summed E-state index contributed by atoms with van der Waals surface area (Å²) >= 11 is 0. The lowest BCUT2D eigenvalue weighted by Gasteiger charge is -2.20. The molecular weight excluding hydrogens is 240 g/mol. The third-order valence-electron chi connectivity index (χ3n) is 3.07. The third kappa shape index (κ3) is 5.41. The van der Waals surface area contributed by atoms with E-state index in [0.29, 0.717) is 12.3 Å². The molecule has 1 aromatic carbocycles. The molecule has 0 heterocycles. The Morgan fingerprint density at radius 2 is 1.84 bits per heavy atom.